The molecule has 1 unspecified atom stereocenters. The van der Waals surface area contributed by atoms with E-state index >= 15 is 0 Å². The molecule has 1 atom stereocenters. The minimum atomic E-state index is -0.936. The monoisotopic (exact) mass is 290 g/mol. The number of nitrogens with one attached hydrogen (secondary N) is 1. The maximum Gasteiger partial charge on any atom is 0.325 e. The molecule has 1 aromatic carbocycles. The van der Waals surface area contributed by atoms with Crippen LogP contribution in [0.5, 0.6) is 0 Å². The summed E-state index contributed by atoms with van der Waals surface area (Å²) in [4.78, 5) is 25.5. The van der Waals surface area contributed by atoms with E-state index in [-0.39, 0.29) is 18.5 Å². The average molecular weight is 290 g/mol. The van der Waals surface area contributed by atoms with Crippen LogP contribution in [0.15, 0.2) is 24.3 Å². The number of amides is 3. The zero-order valence-corrected chi connectivity index (χ0v) is 12.8. The number of hydrogen-bond acceptors (Lipinski definition) is 3. The van der Waals surface area contributed by atoms with Crippen molar-refractivity contribution in [1.82, 2.24) is 10.2 Å². The summed E-state index contributed by atoms with van der Waals surface area (Å²) in [6, 6.07) is 7.83. The second-order valence-electron chi connectivity index (χ2n) is 5.68. The van der Waals surface area contributed by atoms with Crippen molar-refractivity contribution in [2.45, 2.75) is 32.2 Å². The van der Waals surface area contributed by atoms with Crippen molar-refractivity contribution in [3.8, 4) is 0 Å². The summed E-state index contributed by atoms with van der Waals surface area (Å²) >= 11 is 0. The number of benzene rings is 1. The normalized spacial score (nSPS) is 21.8. The van der Waals surface area contributed by atoms with Crippen molar-refractivity contribution < 1.29 is 14.3 Å². The molecule has 3 amide bonds. The molecule has 1 saturated heterocycles. The molecule has 2 rings (SSSR count). The summed E-state index contributed by atoms with van der Waals surface area (Å²) in [6.07, 6.45) is 1.61. The first-order valence-electron chi connectivity index (χ1n) is 7.15. The summed E-state index contributed by atoms with van der Waals surface area (Å²) in [7, 11) is 1.52. The highest BCUT2D eigenvalue weighted by Gasteiger charge is 2.47. The molecule has 1 fully saturated rings. The van der Waals surface area contributed by atoms with Crippen LogP contribution in [-0.2, 0) is 16.0 Å². The number of urea groups is 1. The van der Waals surface area contributed by atoms with Crippen molar-refractivity contribution in [3.05, 3.63) is 35.4 Å². The molecular weight excluding hydrogens is 268 g/mol. The Morgan fingerprint density at radius 2 is 2.00 bits per heavy atom. The third-order valence-electron chi connectivity index (χ3n) is 3.87. The smallest absolute Gasteiger partial charge is 0.325 e. The number of methoxy groups -OCH3 is 1. The van der Waals surface area contributed by atoms with Crippen LogP contribution in [0.4, 0.5) is 4.79 Å². The van der Waals surface area contributed by atoms with Crippen molar-refractivity contribution in [1.29, 1.82) is 0 Å². The SMILES string of the molecule is COCC1(C)NC(=O)N(CCCc2ccccc2C)C1=O. The molecule has 5 nitrogen and oxygen atoms in total. The lowest BCUT2D eigenvalue weighted by atomic mass is 10.0. The van der Waals surface area contributed by atoms with E-state index in [0.717, 1.165) is 12.8 Å². The molecule has 0 aliphatic carbocycles. The lowest BCUT2D eigenvalue weighted by Crippen LogP contribution is -2.47. The van der Waals surface area contributed by atoms with Gasteiger partial charge >= 0.3 is 6.03 Å². The van der Waals surface area contributed by atoms with E-state index in [0.29, 0.717) is 6.54 Å². The second kappa shape index (κ2) is 6.26. The van der Waals surface area contributed by atoms with Gasteiger partial charge in [0.05, 0.1) is 6.61 Å². The molecule has 1 aliphatic heterocycles. The van der Waals surface area contributed by atoms with Gasteiger partial charge in [-0.2, -0.15) is 0 Å². The van der Waals surface area contributed by atoms with E-state index in [1.54, 1.807) is 6.92 Å². The van der Waals surface area contributed by atoms with Gasteiger partial charge < -0.3 is 10.1 Å². The molecule has 0 saturated carbocycles. The lowest BCUT2D eigenvalue weighted by Gasteiger charge is -2.20. The molecule has 5 heteroatoms. The van der Waals surface area contributed by atoms with Crippen molar-refractivity contribution in [3.63, 3.8) is 0 Å². The minimum Gasteiger partial charge on any atom is -0.382 e. The highest BCUT2D eigenvalue weighted by molar-refractivity contribution is 6.06. The highest BCUT2D eigenvalue weighted by Crippen LogP contribution is 2.19. The molecule has 1 N–H and O–H groups in total. The first-order valence-corrected chi connectivity index (χ1v) is 7.15. The Morgan fingerprint density at radius 3 is 2.67 bits per heavy atom. The molecule has 114 valence electrons. The standard InChI is InChI=1S/C16H22N2O3/c1-12-7-4-5-8-13(12)9-6-10-18-14(19)16(2,11-21-3)17-15(18)20/h4-5,7-8H,6,9-11H2,1-3H3,(H,17,20). The topological polar surface area (TPSA) is 58.6 Å². The Morgan fingerprint density at radius 1 is 1.29 bits per heavy atom. The number of imide groups is 1. The molecule has 0 spiro atoms. The fourth-order valence-corrected chi connectivity index (χ4v) is 2.65. The van der Waals surface area contributed by atoms with E-state index in [1.807, 2.05) is 12.1 Å². The molecule has 1 aliphatic rings. The lowest BCUT2D eigenvalue weighted by molar-refractivity contribution is -0.132. The van der Waals surface area contributed by atoms with Gasteiger partial charge in [0.25, 0.3) is 5.91 Å². The Bertz CT molecular complexity index is 544. The van der Waals surface area contributed by atoms with Crippen LogP contribution >= 0.6 is 0 Å². The van der Waals surface area contributed by atoms with Gasteiger partial charge in [0.2, 0.25) is 0 Å². The van der Waals surface area contributed by atoms with Gasteiger partial charge in [-0.1, -0.05) is 24.3 Å². The number of carbonyl (C=O) groups is 2. The van der Waals surface area contributed by atoms with E-state index in [1.165, 1.54) is 23.1 Å². The van der Waals surface area contributed by atoms with Crippen molar-refractivity contribution >= 4 is 11.9 Å². The summed E-state index contributed by atoms with van der Waals surface area (Å²) in [5, 5.41) is 2.70. The summed E-state index contributed by atoms with van der Waals surface area (Å²) in [6.45, 7) is 4.38. The summed E-state index contributed by atoms with van der Waals surface area (Å²) < 4.78 is 5.02. The van der Waals surface area contributed by atoms with Crippen LogP contribution in [0.1, 0.15) is 24.5 Å². The van der Waals surface area contributed by atoms with Crippen LogP contribution in [-0.4, -0.2) is 42.6 Å². The number of carbonyl (C=O) groups excluding carboxylic acids is 2. The van der Waals surface area contributed by atoms with Crippen molar-refractivity contribution in [2.24, 2.45) is 0 Å². The molecule has 0 aromatic heterocycles. The Labute approximate surface area is 125 Å². The van der Waals surface area contributed by atoms with Gasteiger partial charge in [-0.05, 0) is 37.8 Å². The van der Waals surface area contributed by atoms with E-state index in [9.17, 15) is 9.59 Å². The number of hydrogen-bond donors (Lipinski definition) is 1. The van der Waals surface area contributed by atoms with Gasteiger partial charge in [0, 0.05) is 13.7 Å². The summed E-state index contributed by atoms with van der Waals surface area (Å²) in [5.74, 6) is -0.209. The molecule has 1 heterocycles. The summed E-state index contributed by atoms with van der Waals surface area (Å²) in [5.41, 5.74) is 1.55. The van der Waals surface area contributed by atoms with Gasteiger partial charge in [-0.15, -0.1) is 0 Å². The highest BCUT2D eigenvalue weighted by atomic mass is 16.5. The molecule has 21 heavy (non-hydrogen) atoms. The van der Waals surface area contributed by atoms with E-state index in [4.69, 9.17) is 4.74 Å². The van der Waals surface area contributed by atoms with Gasteiger partial charge in [0.15, 0.2) is 0 Å². The third-order valence-corrected chi connectivity index (χ3v) is 3.87. The maximum atomic E-state index is 12.3. The van der Waals surface area contributed by atoms with E-state index in [2.05, 4.69) is 24.4 Å². The fourth-order valence-electron chi connectivity index (χ4n) is 2.65. The minimum absolute atomic E-state index is 0.186. The van der Waals surface area contributed by atoms with Crippen LogP contribution in [0, 0.1) is 6.92 Å². The predicted molar refractivity (Wildman–Crippen MR) is 80.0 cm³/mol. The zero-order chi connectivity index (χ0) is 15.5. The largest absolute Gasteiger partial charge is 0.382 e. The Kier molecular flexibility index (Phi) is 4.63. The predicted octanol–water partition coefficient (Wildman–Crippen LogP) is 1.88. The van der Waals surface area contributed by atoms with Gasteiger partial charge in [-0.25, -0.2) is 4.79 Å². The number of nitrogens with zero attached hydrogens (tertiary/aromatic N) is 1. The average Bonchev–Trinajstić information content (AvgIpc) is 2.64. The van der Waals surface area contributed by atoms with Crippen LogP contribution in [0.2, 0.25) is 0 Å². The first kappa shape index (κ1) is 15.5. The first-order chi connectivity index (χ1) is 9.98. The molecule has 0 bridgehead atoms. The van der Waals surface area contributed by atoms with Crippen LogP contribution < -0.4 is 5.32 Å². The second-order valence-corrected chi connectivity index (χ2v) is 5.68. The Balaban J connectivity index is 1.93. The quantitative estimate of drug-likeness (QED) is 0.814. The van der Waals surface area contributed by atoms with Gasteiger partial charge in [0.1, 0.15) is 5.54 Å². The Hall–Kier alpha value is -1.88. The van der Waals surface area contributed by atoms with E-state index < -0.39 is 5.54 Å². The molecule has 1 aromatic rings. The number of aryl methyl sites for hydroxylation is 2. The maximum absolute atomic E-state index is 12.3. The molecule has 0 radical (unpaired) electrons. The van der Waals surface area contributed by atoms with Crippen molar-refractivity contribution in [2.75, 3.05) is 20.3 Å². The zero-order valence-electron chi connectivity index (χ0n) is 12.8. The number of rotatable bonds is 6. The fraction of sp³-hybridized carbons (Fsp3) is 0.500. The van der Waals surface area contributed by atoms with Crippen LogP contribution in [0.25, 0.3) is 0 Å². The third kappa shape index (κ3) is 3.24. The molecular formula is C16H22N2O3. The number of ether oxygens (including phenoxy) is 1. The van der Waals surface area contributed by atoms with Crippen LogP contribution in [0.3, 0.4) is 0 Å². The van der Waals surface area contributed by atoms with Gasteiger partial charge in [-0.3, -0.25) is 9.69 Å².